The quantitative estimate of drug-likeness (QED) is 0.341. The third-order valence-electron chi connectivity index (χ3n) is 4.43. The van der Waals surface area contributed by atoms with Gasteiger partial charge in [-0.15, -0.1) is 0 Å². The van der Waals surface area contributed by atoms with E-state index in [2.05, 4.69) is 29.6 Å². The van der Waals surface area contributed by atoms with Gasteiger partial charge in [-0.1, -0.05) is 43.4 Å². The van der Waals surface area contributed by atoms with E-state index in [-0.39, 0.29) is 29.4 Å². The molecule has 1 fully saturated rings. The zero-order valence-corrected chi connectivity index (χ0v) is 18.6. The summed E-state index contributed by atoms with van der Waals surface area (Å²) in [7, 11) is -4.85. The van der Waals surface area contributed by atoms with Crippen LogP contribution in [0.3, 0.4) is 0 Å². The second-order valence-electron chi connectivity index (χ2n) is 8.25. The Morgan fingerprint density at radius 1 is 1.19 bits per heavy atom. The molecule has 0 radical (unpaired) electrons. The van der Waals surface area contributed by atoms with Gasteiger partial charge in [0.25, 0.3) is 0 Å². The Morgan fingerprint density at radius 3 is 2.41 bits per heavy atom. The summed E-state index contributed by atoms with van der Waals surface area (Å²) in [4.78, 5) is 8.80. The van der Waals surface area contributed by atoms with Gasteiger partial charge in [0.1, 0.15) is 6.73 Å². The third kappa shape index (κ3) is 5.63. The van der Waals surface area contributed by atoms with Crippen LogP contribution < -0.4 is 4.31 Å². The van der Waals surface area contributed by atoms with Crippen LogP contribution in [0.25, 0.3) is 11.0 Å². The zero-order chi connectivity index (χ0) is 19.7. The molecule has 0 saturated heterocycles. The monoisotopic (exact) mass is 427 g/mol. The van der Waals surface area contributed by atoms with Crippen LogP contribution in [0.5, 0.6) is 0 Å². The van der Waals surface area contributed by atoms with Crippen LogP contribution in [0.4, 0.5) is 5.82 Å². The van der Waals surface area contributed by atoms with E-state index in [0.717, 1.165) is 18.9 Å². The first-order valence-electron chi connectivity index (χ1n) is 9.16. The molecule has 0 spiro atoms. The highest BCUT2D eigenvalue weighted by atomic mass is 35.5. The lowest BCUT2D eigenvalue weighted by atomic mass is 10.3. The van der Waals surface area contributed by atoms with E-state index in [9.17, 15) is 8.42 Å². The number of aromatic nitrogens is 2. The van der Waals surface area contributed by atoms with Crippen molar-refractivity contribution < 1.29 is 13.2 Å². The fourth-order valence-electron chi connectivity index (χ4n) is 2.60. The van der Waals surface area contributed by atoms with Gasteiger partial charge in [-0.05, 0) is 36.9 Å². The average Bonchev–Trinajstić information content (AvgIpc) is 3.36. The van der Waals surface area contributed by atoms with Crippen molar-refractivity contribution in [1.29, 1.82) is 0 Å². The van der Waals surface area contributed by atoms with Gasteiger partial charge in [-0.25, -0.2) is 22.7 Å². The number of rotatable bonds is 9. The molecular formula is C18H26ClN3O3SSi. The minimum absolute atomic E-state index is 0.0712. The molecule has 6 nitrogen and oxygen atoms in total. The molecule has 0 atom stereocenters. The van der Waals surface area contributed by atoms with E-state index in [4.69, 9.17) is 16.3 Å². The van der Waals surface area contributed by atoms with E-state index in [1.54, 1.807) is 12.1 Å². The maximum Gasteiger partial charge on any atom is 0.238 e. The number of fused-ring (bicyclic) bond motifs is 1. The van der Waals surface area contributed by atoms with Crippen molar-refractivity contribution >= 4 is 46.5 Å². The van der Waals surface area contributed by atoms with Crippen LogP contribution in [-0.2, 0) is 14.8 Å². The van der Waals surface area contributed by atoms with Gasteiger partial charge in [0.05, 0.1) is 16.8 Å². The van der Waals surface area contributed by atoms with Gasteiger partial charge < -0.3 is 4.74 Å². The second kappa shape index (κ2) is 8.03. The van der Waals surface area contributed by atoms with Crippen LogP contribution in [0.1, 0.15) is 12.8 Å². The number of para-hydroxylation sites is 2. The number of nitrogens with zero attached hydrogens (tertiary/aromatic N) is 3. The Morgan fingerprint density at radius 2 is 1.81 bits per heavy atom. The lowest BCUT2D eigenvalue weighted by molar-refractivity contribution is 0.156. The van der Waals surface area contributed by atoms with Crippen molar-refractivity contribution in [1.82, 2.24) is 9.97 Å². The molecular weight excluding hydrogens is 402 g/mol. The van der Waals surface area contributed by atoms with E-state index in [0.29, 0.717) is 17.6 Å². The maximum atomic E-state index is 13.0. The molecule has 0 N–H and O–H groups in total. The lowest BCUT2D eigenvalue weighted by Crippen LogP contribution is -2.37. The predicted molar refractivity (Wildman–Crippen MR) is 113 cm³/mol. The Bertz CT molecular complexity index is 914. The number of anilines is 1. The summed E-state index contributed by atoms with van der Waals surface area (Å²) in [5, 5.41) is 0.0712. The number of hydrogen-bond donors (Lipinski definition) is 0. The van der Waals surface area contributed by atoms with E-state index in [1.807, 2.05) is 12.1 Å². The molecule has 1 aliphatic rings. The molecule has 9 heteroatoms. The number of hydrogen-bond acceptors (Lipinski definition) is 5. The third-order valence-corrected chi connectivity index (χ3v) is 8.23. The summed E-state index contributed by atoms with van der Waals surface area (Å²) < 4.78 is 32.9. The van der Waals surface area contributed by atoms with Crippen molar-refractivity contribution in [2.45, 2.75) is 38.5 Å². The van der Waals surface area contributed by atoms with Crippen molar-refractivity contribution in [2.75, 3.05) is 23.4 Å². The number of ether oxygens (including phenoxy) is 1. The number of sulfonamides is 1. The maximum absolute atomic E-state index is 13.0. The molecule has 1 aromatic carbocycles. The largest absolute Gasteiger partial charge is 0.360 e. The van der Waals surface area contributed by atoms with Gasteiger partial charge in [-0.2, -0.15) is 0 Å². The first kappa shape index (κ1) is 20.5. The molecule has 27 heavy (non-hydrogen) atoms. The van der Waals surface area contributed by atoms with Crippen LogP contribution in [0, 0.1) is 5.92 Å². The minimum atomic E-state index is -3.59. The normalized spacial score (nSPS) is 15.3. The highest BCUT2D eigenvalue weighted by Gasteiger charge is 2.34. The minimum Gasteiger partial charge on any atom is -0.360 e. The molecule has 0 bridgehead atoms. The van der Waals surface area contributed by atoms with Crippen molar-refractivity contribution in [3.05, 3.63) is 29.4 Å². The smallest absolute Gasteiger partial charge is 0.238 e. The average molecular weight is 428 g/mol. The summed E-state index contributed by atoms with van der Waals surface area (Å²) in [6.07, 6.45) is 1.89. The summed E-state index contributed by atoms with van der Waals surface area (Å²) in [5.74, 6) is 0.450. The van der Waals surface area contributed by atoms with Gasteiger partial charge in [0.2, 0.25) is 10.0 Å². The second-order valence-corrected chi connectivity index (χ2v) is 16.2. The van der Waals surface area contributed by atoms with Gasteiger partial charge in [0.15, 0.2) is 11.0 Å². The van der Waals surface area contributed by atoms with Crippen LogP contribution in [0.15, 0.2) is 24.3 Å². The first-order chi connectivity index (χ1) is 12.7. The van der Waals surface area contributed by atoms with E-state index < -0.39 is 18.1 Å². The summed E-state index contributed by atoms with van der Waals surface area (Å²) in [6.45, 7) is 7.19. The lowest BCUT2D eigenvalue weighted by Gasteiger charge is -2.25. The molecule has 1 heterocycles. The molecule has 148 valence electrons. The van der Waals surface area contributed by atoms with E-state index >= 15 is 0 Å². The molecule has 0 unspecified atom stereocenters. The highest BCUT2D eigenvalue weighted by Crippen LogP contribution is 2.33. The SMILES string of the molecule is C[Si](C)(C)CCOCN(c1nc2ccccc2nc1Cl)S(=O)(=O)CC1CC1. The van der Waals surface area contributed by atoms with Gasteiger partial charge >= 0.3 is 0 Å². The Kier molecular flexibility index (Phi) is 6.10. The van der Waals surface area contributed by atoms with Crippen molar-refractivity contribution in [3.63, 3.8) is 0 Å². The Labute approximate surface area is 167 Å². The van der Waals surface area contributed by atoms with E-state index in [1.165, 1.54) is 4.31 Å². The van der Waals surface area contributed by atoms with Crippen LogP contribution >= 0.6 is 11.6 Å². The molecule has 0 amide bonds. The zero-order valence-electron chi connectivity index (χ0n) is 16.0. The summed E-state index contributed by atoms with van der Waals surface area (Å²) in [5.41, 5.74) is 1.23. The first-order valence-corrected chi connectivity index (χ1v) is 14.9. The summed E-state index contributed by atoms with van der Waals surface area (Å²) >= 11 is 6.31. The highest BCUT2D eigenvalue weighted by molar-refractivity contribution is 7.92. The van der Waals surface area contributed by atoms with Gasteiger partial charge in [-0.3, -0.25) is 0 Å². The molecule has 0 aliphatic heterocycles. The molecule has 1 aliphatic carbocycles. The van der Waals surface area contributed by atoms with Gasteiger partial charge in [0, 0.05) is 14.7 Å². The standard InChI is InChI=1S/C18H26ClN3O3SSi/c1-27(2,3)11-10-25-13-22(26(23,24)12-14-8-9-14)18-17(19)20-15-6-4-5-7-16(15)21-18/h4-7,14H,8-13H2,1-3H3. The summed E-state index contributed by atoms with van der Waals surface area (Å²) in [6, 6.07) is 8.22. The predicted octanol–water partition coefficient (Wildman–Crippen LogP) is 4.14. The molecule has 1 aromatic heterocycles. The van der Waals surface area contributed by atoms with Crippen LogP contribution in [0.2, 0.25) is 30.8 Å². The fourth-order valence-corrected chi connectivity index (χ4v) is 5.38. The van der Waals surface area contributed by atoms with Crippen molar-refractivity contribution in [3.8, 4) is 0 Å². The Hall–Kier alpha value is -1.22. The molecule has 3 rings (SSSR count). The van der Waals surface area contributed by atoms with Crippen LogP contribution in [-0.4, -0.2) is 45.6 Å². The molecule has 1 saturated carbocycles. The topological polar surface area (TPSA) is 72.4 Å². The number of halogens is 1. The Balaban J connectivity index is 1.87. The molecule has 2 aromatic rings. The number of benzene rings is 1. The fraction of sp³-hybridized carbons (Fsp3) is 0.556. The van der Waals surface area contributed by atoms with Crippen molar-refractivity contribution in [2.24, 2.45) is 5.92 Å².